The van der Waals surface area contributed by atoms with E-state index in [-0.39, 0.29) is 23.4 Å². The summed E-state index contributed by atoms with van der Waals surface area (Å²) in [6.45, 7) is 12.4. The number of piperazine rings is 1. The van der Waals surface area contributed by atoms with Gasteiger partial charge in [-0.25, -0.2) is 9.97 Å². The van der Waals surface area contributed by atoms with Crippen LogP contribution in [0.25, 0.3) is 11.2 Å². The summed E-state index contributed by atoms with van der Waals surface area (Å²) in [6, 6.07) is 5.82. The number of fused-ring (bicyclic) bond motifs is 1. The lowest BCUT2D eigenvalue weighted by Gasteiger charge is -2.34. The van der Waals surface area contributed by atoms with Gasteiger partial charge in [0.1, 0.15) is 17.0 Å². The van der Waals surface area contributed by atoms with Gasteiger partial charge in [-0.2, -0.15) is 4.98 Å². The third kappa shape index (κ3) is 5.31. The zero-order valence-electron chi connectivity index (χ0n) is 23.1. The van der Waals surface area contributed by atoms with Crippen LogP contribution in [0.4, 0.5) is 17.3 Å². The number of anilines is 3. The maximum Gasteiger partial charge on any atom is 0.274 e. The molecule has 2 aliphatic heterocycles. The number of ether oxygens (including phenoxy) is 1. The maximum absolute atomic E-state index is 13.6. The summed E-state index contributed by atoms with van der Waals surface area (Å²) < 4.78 is 7.39. The monoisotopic (exact) mass is 532 g/mol. The minimum absolute atomic E-state index is 0.0682. The molecule has 0 radical (unpaired) electrons. The number of rotatable bonds is 7. The lowest BCUT2D eigenvalue weighted by Crippen LogP contribution is -2.44. The lowest BCUT2D eigenvalue weighted by atomic mass is 10.1. The van der Waals surface area contributed by atoms with Gasteiger partial charge in [0.15, 0.2) is 5.65 Å². The first kappa shape index (κ1) is 26.6. The third-order valence-corrected chi connectivity index (χ3v) is 7.52. The van der Waals surface area contributed by atoms with Crippen molar-refractivity contribution in [1.82, 2.24) is 29.3 Å². The Morgan fingerprint density at radius 2 is 1.95 bits per heavy atom. The Kier molecular flexibility index (Phi) is 7.51. The molecule has 2 fully saturated rings. The molecule has 1 aromatic carbocycles. The Morgan fingerprint density at radius 3 is 2.64 bits per heavy atom. The number of likely N-dealkylation sites (N-methyl/N-ethyl adjacent to an activating group) is 1. The Morgan fingerprint density at radius 1 is 1.18 bits per heavy atom. The molecule has 2 saturated heterocycles. The molecule has 1 amide bonds. The maximum atomic E-state index is 13.6. The second-order valence-corrected chi connectivity index (χ2v) is 10.5. The van der Waals surface area contributed by atoms with Crippen molar-refractivity contribution < 1.29 is 9.53 Å². The van der Waals surface area contributed by atoms with Crippen molar-refractivity contribution in [1.29, 1.82) is 0 Å². The van der Waals surface area contributed by atoms with E-state index >= 15 is 0 Å². The fourth-order valence-corrected chi connectivity index (χ4v) is 5.24. The van der Waals surface area contributed by atoms with Crippen LogP contribution >= 0.6 is 0 Å². The molecule has 0 bridgehead atoms. The van der Waals surface area contributed by atoms with Crippen molar-refractivity contribution in [3.05, 3.63) is 53.1 Å². The molecule has 4 heterocycles. The largest absolute Gasteiger partial charge is 0.494 e. The highest BCUT2D eigenvalue weighted by Gasteiger charge is 2.30. The topological polar surface area (TPSA) is 109 Å². The molecule has 0 aliphatic carbocycles. The number of nitrogens with zero attached hydrogens (tertiary/aromatic N) is 7. The molecule has 11 heteroatoms. The highest BCUT2D eigenvalue weighted by molar-refractivity contribution is 5.87. The number of nitrogens with one attached hydrogen (secondary N) is 1. The Labute approximate surface area is 228 Å². The molecule has 1 unspecified atom stereocenters. The van der Waals surface area contributed by atoms with Crippen molar-refractivity contribution in [2.75, 3.05) is 63.6 Å². The van der Waals surface area contributed by atoms with Crippen LogP contribution in [-0.4, -0.2) is 88.7 Å². The zero-order valence-corrected chi connectivity index (χ0v) is 23.1. The summed E-state index contributed by atoms with van der Waals surface area (Å²) in [6.07, 6.45) is 3.59. The fourth-order valence-electron chi connectivity index (χ4n) is 5.24. The highest BCUT2D eigenvalue weighted by Crippen LogP contribution is 2.32. The number of carbonyl (C=O) groups is 1. The molecule has 206 valence electrons. The van der Waals surface area contributed by atoms with Crippen LogP contribution < -0.4 is 20.5 Å². The first-order valence-corrected chi connectivity index (χ1v) is 13.4. The molecule has 39 heavy (non-hydrogen) atoms. The van der Waals surface area contributed by atoms with Gasteiger partial charge in [0.05, 0.1) is 25.0 Å². The summed E-state index contributed by atoms with van der Waals surface area (Å²) in [5.74, 6) is 0.797. The Bertz CT molecular complexity index is 1440. The normalized spacial score (nSPS) is 18.1. The van der Waals surface area contributed by atoms with Gasteiger partial charge in [0, 0.05) is 56.9 Å². The van der Waals surface area contributed by atoms with E-state index in [9.17, 15) is 9.59 Å². The average molecular weight is 533 g/mol. The number of hydrogen-bond donors (Lipinski definition) is 1. The predicted molar refractivity (Wildman–Crippen MR) is 152 cm³/mol. The highest BCUT2D eigenvalue weighted by atomic mass is 16.5. The van der Waals surface area contributed by atoms with E-state index in [1.165, 1.54) is 6.08 Å². The van der Waals surface area contributed by atoms with Gasteiger partial charge in [0.2, 0.25) is 11.9 Å². The van der Waals surface area contributed by atoms with E-state index in [0.717, 1.165) is 37.6 Å². The number of likely N-dealkylation sites (tertiary alicyclic amines) is 1. The molecular weight excluding hydrogens is 496 g/mol. The number of hydrogen-bond acceptors (Lipinski definition) is 9. The van der Waals surface area contributed by atoms with Crippen LogP contribution in [0.1, 0.15) is 37.9 Å². The lowest BCUT2D eigenvalue weighted by molar-refractivity contribution is -0.125. The number of carbonyl (C=O) groups excluding carboxylic acids is 1. The van der Waals surface area contributed by atoms with Gasteiger partial charge < -0.3 is 24.8 Å². The molecule has 5 rings (SSSR count). The van der Waals surface area contributed by atoms with Crippen molar-refractivity contribution >= 4 is 34.4 Å². The second kappa shape index (κ2) is 11.0. The number of benzene rings is 1. The number of methoxy groups -OCH3 is 1. The van der Waals surface area contributed by atoms with E-state index in [0.29, 0.717) is 48.1 Å². The predicted octanol–water partition coefficient (Wildman–Crippen LogP) is 2.77. The van der Waals surface area contributed by atoms with Crippen LogP contribution in [0.15, 0.2) is 41.8 Å². The molecule has 1 atom stereocenters. The second-order valence-electron chi connectivity index (χ2n) is 10.5. The number of aromatic nitrogens is 4. The summed E-state index contributed by atoms with van der Waals surface area (Å²) >= 11 is 0. The van der Waals surface area contributed by atoms with E-state index in [2.05, 4.69) is 44.8 Å². The Hall–Kier alpha value is -3.99. The quantitative estimate of drug-likeness (QED) is 0.460. The van der Waals surface area contributed by atoms with Gasteiger partial charge >= 0.3 is 0 Å². The minimum atomic E-state index is -0.218. The van der Waals surface area contributed by atoms with E-state index < -0.39 is 0 Å². The molecule has 11 nitrogen and oxygen atoms in total. The number of amides is 1. The smallest absolute Gasteiger partial charge is 0.274 e. The standard InChI is InChI=1S/C28H36N8O3/c1-6-24(37)35-10-9-20(17-35)36-26-22(30-25(18(2)3)27(36)38)16-29-28(32-26)31-21-8-7-19(15-23(21)39-5)34-13-11-33(4)12-14-34/h6-8,15-16,18,20H,1,9-14,17H2,2-5H3,(H,29,31,32). The third-order valence-electron chi connectivity index (χ3n) is 7.52. The zero-order chi connectivity index (χ0) is 27.7. The van der Waals surface area contributed by atoms with E-state index in [4.69, 9.17) is 9.72 Å². The van der Waals surface area contributed by atoms with Crippen molar-refractivity contribution in [2.45, 2.75) is 32.2 Å². The van der Waals surface area contributed by atoms with Crippen LogP contribution in [0, 0.1) is 0 Å². The average Bonchev–Trinajstić information content (AvgIpc) is 3.42. The van der Waals surface area contributed by atoms with E-state index in [1.807, 2.05) is 26.0 Å². The molecule has 1 N–H and O–H groups in total. The van der Waals surface area contributed by atoms with Crippen molar-refractivity contribution in [3.8, 4) is 5.75 Å². The van der Waals surface area contributed by atoms with Crippen LogP contribution in [0.5, 0.6) is 5.75 Å². The van der Waals surface area contributed by atoms with Gasteiger partial charge in [-0.15, -0.1) is 0 Å². The fraction of sp³-hybridized carbons (Fsp3) is 0.464. The molecular formula is C28H36N8O3. The summed E-state index contributed by atoms with van der Waals surface area (Å²) in [7, 11) is 3.78. The van der Waals surface area contributed by atoms with Crippen LogP contribution in [0.3, 0.4) is 0 Å². The van der Waals surface area contributed by atoms with Gasteiger partial charge in [0.25, 0.3) is 5.56 Å². The first-order chi connectivity index (χ1) is 18.8. The van der Waals surface area contributed by atoms with Crippen LogP contribution in [-0.2, 0) is 4.79 Å². The van der Waals surface area contributed by atoms with Crippen molar-refractivity contribution in [2.24, 2.45) is 0 Å². The van der Waals surface area contributed by atoms with E-state index in [1.54, 1.807) is 22.8 Å². The van der Waals surface area contributed by atoms with Gasteiger partial charge in [-0.3, -0.25) is 14.2 Å². The summed E-state index contributed by atoms with van der Waals surface area (Å²) in [5, 5.41) is 3.27. The minimum Gasteiger partial charge on any atom is -0.494 e. The summed E-state index contributed by atoms with van der Waals surface area (Å²) in [4.78, 5) is 46.1. The van der Waals surface area contributed by atoms with Crippen molar-refractivity contribution in [3.63, 3.8) is 0 Å². The van der Waals surface area contributed by atoms with Gasteiger partial charge in [-0.05, 0) is 31.7 Å². The van der Waals surface area contributed by atoms with Gasteiger partial charge in [-0.1, -0.05) is 20.4 Å². The molecule has 0 spiro atoms. The Balaban J connectivity index is 1.49. The SMILES string of the molecule is C=CC(=O)N1CCC(n2c(=O)c(C(C)C)nc3cnc(Nc4ccc(N5CCN(C)CC5)cc4OC)nc32)C1. The molecule has 2 aromatic heterocycles. The molecule has 3 aromatic rings. The van der Waals surface area contributed by atoms with Crippen LogP contribution in [0.2, 0.25) is 0 Å². The summed E-state index contributed by atoms with van der Waals surface area (Å²) in [5.41, 5.74) is 3.07. The molecule has 0 saturated carbocycles. The first-order valence-electron chi connectivity index (χ1n) is 13.4. The molecule has 2 aliphatic rings.